The molecule has 0 fully saturated rings. The number of amides is 2. The summed E-state index contributed by atoms with van der Waals surface area (Å²) < 4.78 is 10.8. The molecule has 0 spiro atoms. The Kier molecular flexibility index (Phi) is 7.37. The van der Waals surface area contributed by atoms with Gasteiger partial charge in [0.25, 0.3) is 0 Å². The van der Waals surface area contributed by atoms with Crippen LogP contribution in [-0.4, -0.2) is 28.0 Å². The Bertz CT molecular complexity index is 1030. The fourth-order valence-corrected chi connectivity index (χ4v) is 3.28. The van der Waals surface area contributed by atoms with Gasteiger partial charge in [-0.15, -0.1) is 11.8 Å². The molecule has 156 valence electrons. The van der Waals surface area contributed by atoms with Gasteiger partial charge in [-0.2, -0.15) is 0 Å². The Morgan fingerprint density at radius 1 is 1.17 bits per heavy atom. The fraction of sp³-hybridized carbons (Fsp3) is 0.190. The third-order valence-corrected chi connectivity index (χ3v) is 5.28. The lowest BCUT2D eigenvalue weighted by Crippen LogP contribution is -2.25. The number of anilines is 2. The van der Waals surface area contributed by atoms with E-state index < -0.39 is 5.25 Å². The lowest BCUT2D eigenvalue weighted by Gasteiger charge is -2.14. The van der Waals surface area contributed by atoms with Gasteiger partial charge < -0.3 is 19.9 Å². The summed E-state index contributed by atoms with van der Waals surface area (Å²) in [6, 6.07) is 15.8. The Morgan fingerprint density at radius 2 is 1.93 bits per heavy atom. The quantitative estimate of drug-likeness (QED) is 0.499. The third kappa shape index (κ3) is 6.27. The second-order valence-corrected chi connectivity index (χ2v) is 8.13. The van der Waals surface area contributed by atoms with Gasteiger partial charge in [-0.25, -0.2) is 0 Å². The Morgan fingerprint density at radius 3 is 2.63 bits per heavy atom. The Balaban J connectivity index is 1.56. The van der Waals surface area contributed by atoms with Crippen LogP contribution in [0.5, 0.6) is 11.5 Å². The zero-order valence-electron chi connectivity index (χ0n) is 16.3. The van der Waals surface area contributed by atoms with Crippen molar-refractivity contribution in [3.8, 4) is 11.5 Å². The normalized spacial score (nSPS) is 11.6. The molecule has 2 N–H and O–H groups in total. The highest BCUT2D eigenvalue weighted by Gasteiger charge is 2.18. The van der Waals surface area contributed by atoms with E-state index >= 15 is 0 Å². The van der Waals surface area contributed by atoms with Gasteiger partial charge in [0, 0.05) is 11.1 Å². The number of para-hydroxylation sites is 1. The molecule has 2 amide bonds. The SMILES string of the molecule is Cc1cc(NC(=O)[C@@H](C)SCC(=O)Nc2cc(Cl)ccc2Oc2ccccc2)no1. The van der Waals surface area contributed by atoms with Crippen molar-refractivity contribution in [3.63, 3.8) is 0 Å². The summed E-state index contributed by atoms with van der Waals surface area (Å²) in [4.78, 5) is 24.6. The largest absolute Gasteiger partial charge is 0.455 e. The average Bonchev–Trinajstić information content (AvgIpc) is 3.13. The van der Waals surface area contributed by atoms with Gasteiger partial charge in [0.05, 0.1) is 16.7 Å². The second kappa shape index (κ2) is 10.2. The minimum absolute atomic E-state index is 0.0731. The molecule has 0 aliphatic carbocycles. The van der Waals surface area contributed by atoms with Crippen LogP contribution >= 0.6 is 23.4 Å². The van der Waals surface area contributed by atoms with Gasteiger partial charge in [-0.05, 0) is 44.2 Å². The van der Waals surface area contributed by atoms with Crippen molar-refractivity contribution in [2.75, 3.05) is 16.4 Å². The summed E-state index contributed by atoms with van der Waals surface area (Å²) in [7, 11) is 0. The topological polar surface area (TPSA) is 93.5 Å². The van der Waals surface area contributed by atoms with E-state index in [-0.39, 0.29) is 17.6 Å². The molecular formula is C21H20ClN3O4S. The summed E-state index contributed by atoms with van der Waals surface area (Å²) in [6.45, 7) is 3.44. The molecule has 9 heteroatoms. The van der Waals surface area contributed by atoms with Crippen molar-refractivity contribution < 1.29 is 18.8 Å². The van der Waals surface area contributed by atoms with E-state index in [9.17, 15) is 9.59 Å². The molecule has 1 aromatic heterocycles. The summed E-state index contributed by atoms with van der Waals surface area (Å²) >= 11 is 7.27. The number of thioether (sulfide) groups is 1. The van der Waals surface area contributed by atoms with Crippen LogP contribution in [0.1, 0.15) is 12.7 Å². The van der Waals surface area contributed by atoms with Crippen LogP contribution in [-0.2, 0) is 9.59 Å². The molecule has 3 rings (SSSR count). The molecule has 0 aliphatic rings. The zero-order chi connectivity index (χ0) is 21.5. The van der Waals surface area contributed by atoms with Crippen LogP contribution in [0, 0.1) is 6.92 Å². The maximum Gasteiger partial charge on any atom is 0.238 e. The number of halogens is 1. The Labute approximate surface area is 183 Å². The van der Waals surface area contributed by atoms with Crippen molar-refractivity contribution in [1.29, 1.82) is 0 Å². The first-order valence-corrected chi connectivity index (χ1v) is 10.5. The number of carbonyl (C=O) groups is 2. The van der Waals surface area contributed by atoms with Crippen molar-refractivity contribution >= 4 is 46.7 Å². The molecule has 2 aromatic carbocycles. The molecule has 0 saturated heterocycles. The van der Waals surface area contributed by atoms with E-state index in [0.717, 1.165) is 0 Å². The predicted molar refractivity (Wildman–Crippen MR) is 118 cm³/mol. The molecule has 0 aliphatic heterocycles. The first-order valence-electron chi connectivity index (χ1n) is 9.09. The first kappa shape index (κ1) is 21.7. The van der Waals surface area contributed by atoms with Gasteiger partial charge in [-0.1, -0.05) is 35.0 Å². The number of benzene rings is 2. The third-order valence-electron chi connectivity index (χ3n) is 3.90. The van der Waals surface area contributed by atoms with Gasteiger partial charge in [-0.3, -0.25) is 9.59 Å². The number of ether oxygens (including phenoxy) is 1. The summed E-state index contributed by atoms with van der Waals surface area (Å²) in [5.41, 5.74) is 0.451. The first-order chi connectivity index (χ1) is 14.4. The average molecular weight is 446 g/mol. The Hall–Kier alpha value is -2.97. The van der Waals surface area contributed by atoms with Crippen molar-refractivity contribution in [3.05, 3.63) is 65.4 Å². The number of carbonyl (C=O) groups excluding carboxylic acids is 2. The van der Waals surface area contributed by atoms with Crippen LogP contribution in [0.3, 0.4) is 0 Å². The maximum atomic E-state index is 12.4. The predicted octanol–water partition coefficient (Wildman–Crippen LogP) is 5.13. The number of aryl methyl sites for hydroxylation is 1. The molecule has 0 unspecified atom stereocenters. The van der Waals surface area contributed by atoms with E-state index in [1.165, 1.54) is 11.8 Å². The smallest absolute Gasteiger partial charge is 0.238 e. The van der Waals surface area contributed by atoms with Gasteiger partial charge in [0.1, 0.15) is 11.5 Å². The van der Waals surface area contributed by atoms with Crippen molar-refractivity contribution in [2.24, 2.45) is 0 Å². The number of rotatable bonds is 8. The van der Waals surface area contributed by atoms with Crippen LogP contribution in [0.4, 0.5) is 11.5 Å². The van der Waals surface area contributed by atoms with E-state index in [0.29, 0.717) is 33.8 Å². The number of nitrogens with zero attached hydrogens (tertiary/aromatic N) is 1. The molecule has 1 atom stereocenters. The summed E-state index contributed by atoms with van der Waals surface area (Å²) in [5, 5.41) is 9.16. The minimum atomic E-state index is -0.466. The van der Waals surface area contributed by atoms with Gasteiger partial charge >= 0.3 is 0 Å². The highest BCUT2D eigenvalue weighted by atomic mass is 35.5. The van der Waals surface area contributed by atoms with Crippen LogP contribution in [0.25, 0.3) is 0 Å². The number of nitrogens with one attached hydrogen (secondary N) is 2. The van der Waals surface area contributed by atoms with Gasteiger partial charge in [0.2, 0.25) is 11.8 Å². The van der Waals surface area contributed by atoms with E-state index in [1.807, 2.05) is 30.3 Å². The molecule has 0 saturated carbocycles. The summed E-state index contributed by atoms with van der Waals surface area (Å²) in [5.74, 6) is 1.57. The standard InChI is InChI=1S/C21H20ClN3O4S/c1-13-10-19(25-29-13)24-21(27)14(2)30-12-20(26)23-17-11-15(22)8-9-18(17)28-16-6-4-3-5-7-16/h3-11,14H,12H2,1-2H3,(H,23,26)(H,24,25,27)/t14-/m1/s1. The minimum Gasteiger partial charge on any atom is -0.455 e. The fourth-order valence-electron chi connectivity index (χ4n) is 2.42. The van der Waals surface area contributed by atoms with Crippen molar-refractivity contribution in [1.82, 2.24) is 5.16 Å². The zero-order valence-corrected chi connectivity index (χ0v) is 17.9. The molecule has 0 radical (unpaired) electrons. The molecule has 1 heterocycles. The summed E-state index contributed by atoms with van der Waals surface area (Å²) in [6.07, 6.45) is 0. The second-order valence-electron chi connectivity index (χ2n) is 6.37. The van der Waals surface area contributed by atoms with Gasteiger partial charge in [0.15, 0.2) is 11.6 Å². The van der Waals surface area contributed by atoms with Crippen LogP contribution < -0.4 is 15.4 Å². The van der Waals surface area contributed by atoms with E-state index in [2.05, 4.69) is 15.8 Å². The van der Waals surface area contributed by atoms with Crippen LogP contribution in [0.15, 0.2) is 59.1 Å². The number of hydrogen-bond donors (Lipinski definition) is 2. The lowest BCUT2D eigenvalue weighted by molar-refractivity contribution is -0.115. The molecule has 0 bridgehead atoms. The monoisotopic (exact) mass is 445 g/mol. The molecule has 7 nitrogen and oxygen atoms in total. The van der Waals surface area contributed by atoms with E-state index in [1.54, 1.807) is 38.1 Å². The number of aromatic nitrogens is 1. The molecule has 3 aromatic rings. The molecule has 30 heavy (non-hydrogen) atoms. The number of hydrogen-bond acceptors (Lipinski definition) is 6. The highest BCUT2D eigenvalue weighted by molar-refractivity contribution is 8.01. The molecular weight excluding hydrogens is 426 g/mol. The maximum absolute atomic E-state index is 12.4. The highest BCUT2D eigenvalue weighted by Crippen LogP contribution is 2.32. The van der Waals surface area contributed by atoms with E-state index in [4.69, 9.17) is 20.9 Å². The lowest BCUT2D eigenvalue weighted by atomic mass is 10.3. The van der Waals surface area contributed by atoms with Crippen molar-refractivity contribution in [2.45, 2.75) is 19.1 Å². The van der Waals surface area contributed by atoms with Crippen LogP contribution in [0.2, 0.25) is 5.02 Å².